The molecule has 0 aromatic carbocycles. The van der Waals surface area contributed by atoms with E-state index < -0.39 is 46.9 Å². The van der Waals surface area contributed by atoms with E-state index in [1.807, 2.05) is 0 Å². The Hall–Kier alpha value is -4.17. The van der Waals surface area contributed by atoms with Crippen molar-refractivity contribution in [3.05, 3.63) is 35.8 Å². The molecule has 4 heterocycles. The zero-order valence-corrected chi connectivity index (χ0v) is 20.9. The Morgan fingerprint density at radius 3 is 2.50 bits per heavy atom. The van der Waals surface area contributed by atoms with Crippen LogP contribution in [0.2, 0.25) is 0 Å². The van der Waals surface area contributed by atoms with Gasteiger partial charge < -0.3 is 26.0 Å². The molecule has 4 rings (SSSR count). The van der Waals surface area contributed by atoms with E-state index >= 15 is 0 Å². The molecule has 4 N–H and O–H groups in total. The molecule has 0 aliphatic carbocycles. The Morgan fingerprint density at radius 1 is 1.16 bits per heavy atom. The number of methoxy groups -OCH3 is 1. The molecule has 3 amide bonds. The molecule has 3 aromatic heterocycles. The van der Waals surface area contributed by atoms with Crippen molar-refractivity contribution >= 4 is 23.3 Å². The van der Waals surface area contributed by atoms with Crippen LogP contribution in [0.3, 0.4) is 0 Å². The predicted molar refractivity (Wildman–Crippen MR) is 128 cm³/mol. The largest absolute Gasteiger partial charge is 0.480 e. The van der Waals surface area contributed by atoms with Crippen molar-refractivity contribution in [2.75, 3.05) is 25.9 Å². The van der Waals surface area contributed by atoms with Gasteiger partial charge in [-0.2, -0.15) is 18.3 Å². The number of amides is 3. The first-order chi connectivity index (χ1) is 17.7. The lowest BCUT2D eigenvalue weighted by molar-refractivity contribution is -0.136. The van der Waals surface area contributed by atoms with Crippen LogP contribution in [-0.2, 0) is 6.18 Å². The number of rotatable bonds is 4. The van der Waals surface area contributed by atoms with Crippen molar-refractivity contribution in [1.29, 1.82) is 0 Å². The average Bonchev–Trinajstić information content (AvgIpc) is 3.39. The summed E-state index contributed by atoms with van der Waals surface area (Å²) in [6, 6.07) is 0.583. The minimum Gasteiger partial charge on any atom is -0.480 e. The number of carbonyl (C=O) groups excluding carboxylic acids is 2. The SMILES string of the molecule is COc1ncc(-c2cc(C(F)(F)F)c3c(N)ncnn23)cc1C(=O)NC1CN(C(=O)NC(C)(C)C)CC1F. The number of aromatic nitrogens is 4. The molecule has 15 heteroatoms. The minimum atomic E-state index is -4.76. The Kier molecular flexibility index (Phi) is 6.80. The number of nitrogens with one attached hydrogen (secondary N) is 2. The number of pyridine rings is 1. The van der Waals surface area contributed by atoms with Crippen molar-refractivity contribution in [1.82, 2.24) is 35.1 Å². The van der Waals surface area contributed by atoms with E-state index in [-0.39, 0.29) is 41.6 Å². The van der Waals surface area contributed by atoms with E-state index in [2.05, 4.69) is 25.7 Å². The van der Waals surface area contributed by atoms with Crippen LogP contribution in [0, 0.1) is 0 Å². The van der Waals surface area contributed by atoms with Gasteiger partial charge in [0.15, 0.2) is 5.82 Å². The predicted octanol–water partition coefficient (Wildman–Crippen LogP) is 2.66. The van der Waals surface area contributed by atoms with Crippen molar-refractivity contribution in [3.8, 4) is 17.1 Å². The van der Waals surface area contributed by atoms with Gasteiger partial charge in [0, 0.05) is 23.8 Å². The molecule has 1 aliphatic rings. The molecule has 0 radical (unpaired) electrons. The lowest BCUT2D eigenvalue weighted by Gasteiger charge is -2.25. The second-order valence-electron chi connectivity index (χ2n) is 9.81. The summed E-state index contributed by atoms with van der Waals surface area (Å²) in [6.45, 7) is 5.04. The third-order valence-corrected chi connectivity index (χ3v) is 5.81. The fraction of sp³-hybridized carbons (Fsp3) is 0.435. The third kappa shape index (κ3) is 5.26. The molecule has 3 aromatic rings. The Bertz CT molecular complexity index is 1390. The fourth-order valence-electron chi connectivity index (χ4n) is 4.12. The van der Waals surface area contributed by atoms with Gasteiger partial charge in [-0.05, 0) is 32.9 Å². The molecule has 0 bridgehead atoms. The summed E-state index contributed by atoms with van der Waals surface area (Å²) in [5.74, 6) is -1.30. The van der Waals surface area contributed by atoms with Crippen LogP contribution in [0.5, 0.6) is 5.88 Å². The van der Waals surface area contributed by atoms with Crippen LogP contribution < -0.4 is 21.1 Å². The molecule has 11 nitrogen and oxygen atoms in total. The second-order valence-corrected chi connectivity index (χ2v) is 9.81. The summed E-state index contributed by atoms with van der Waals surface area (Å²) in [7, 11) is 1.26. The van der Waals surface area contributed by atoms with Gasteiger partial charge in [-0.1, -0.05) is 0 Å². The molecule has 2 atom stereocenters. The monoisotopic (exact) mass is 538 g/mol. The highest BCUT2D eigenvalue weighted by Crippen LogP contribution is 2.39. The minimum absolute atomic E-state index is 0.0557. The number of halogens is 4. The molecule has 0 saturated carbocycles. The first-order valence-electron chi connectivity index (χ1n) is 11.5. The van der Waals surface area contributed by atoms with Gasteiger partial charge in [0.2, 0.25) is 5.88 Å². The molecule has 38 heavy (non-hydrogen) atoms. The van der Waals surface area contributed by atoms with E-state index in [0.717, 1.165) is 16.9 Å². The Labute approximate surface area is 214 Å². The zero-order valence-electron chi connectivity index (χ0n) is 20.9. The van der Waals surface area contributed by atoms with Gasteiger partial charge in [0.1, 0.15) is 23.6 Å². The number of hydrogen-bond acceptors (Lipinski definition) is 7. The molecule has 0 spiro atoms. The molecule has 204 valence electrons. The van der Waals surface area contributed by atoms with Crippen molar-refractivity contribution in [3.63, 3.8) is 0 Å². The maximum absolute atomic E-state index is 14.7. The van der Waals surface area contributed by atoms with Gasteiger partial charge in [0.25, 0.3) is 5.91 Å². The van der Waals surface area contributed by atoms with Gasteiger partial charge >= 0.3 is 12.2 Å². The van der Waals surface area contributed by atoms with E-state index in [9.17, 15) is 27.2 Å². The zero-order chi connectivity index (χ0) is 28.0. The highest BCUT2D eigenvalue weighted by molar-refractivity contribution is 5.98. The standard InChI is InChI=1S/C23H26F4N8O3/c1-22(2,3)33-21(37)34-8-14(24)15(9-34)32-19(36)12-5-11(7-29-20(12)38-4)16-6-13(23(25,26)27)17-18(28)30-10-31-35(16)17/h5-7,10,14-15H,8-9H2,1-4H3,(H,32,36)(H,33,37)(H2,28,30,31). The van der Waals surface area contributed by atoms with Gasteiger partial charge in [-0.25, -0.2) is 23.7 Å². The number of urea groups is 1. The lowest BCUT2D eigenvalue weighted by atomic mass is 10.1. The van der Waals surface area contributed by atoms with Crippen molar-refractivity contribution in [2.45, 2.75) is 44.7 Å². The van der Waals surface area contributed by atoms with Crippen LogP contribution in [0.1, 0.15) is 36.7 Å². The second kappa shape index (κ2) is 9.61. The van der Waals surface area contributed by atoms with Crippen molar-refractivity contribution < 1.29 is 31.9 Å². The summed E-state index contributed by atoms with van der Waals surface area (Å²) in [6.07, 6.45) is -4.09. The molecular formula is C23H26F4N8O3. The number of likely N-dealkylation sites (tertiary alicyclic amines) is 1. The van der Waals surface area contributed by atoms with Crippen LogP contribution in [0.25, 0.3) is 16.8 Å². The van der Waals surface area contributed by atoms with E-state index in [0.29, 0.717) is 0 Å². The Morgan fingerprint density at radius 2 is 1.87 bits per heavy atom. The molecule has 1 aliphatic heterocycles. The third-order valence-electron chi connectivity index (χ3n) is 5.81. The summed E-state index contributed by atoms with van der Waals surface area (Å²) in [4.78, 5) is 34.5. The number of nitrogens with two attached hydrogens (primary N) is 1. The van der Waals surface area contributed by atoms with Crippen LogP contribution in [0.15, 0.2) is 24.7 Å². The maximum Gasteiger partial charge on any atom is 0.418 e. The number of carbonyl (C=O) groups is 2. The number of hydrogen-bond donors (Lipinski definition) is 3. The number of ether oxygens (including phenoxy) is 1. The molecule has 1 saturated heterocycles. The first-order valence-corrected chi connectivity index (χ1v) is 11.5. The summed E-state index contributed by atoms with van der Waals surface area (Å²) >= 11 is 0. The van der Waals surface area contributed by atoms with Crippen LogP contribution in [0.4, 0.5) is 28.2 Å². The first kappa shape index (κ1) is 26.9. The summed E-state index contributed by atoms with van der Waals surface area (Å²) in [5.41, 5.74) is 3.54. The van der Waals surface area contributed by atoms with E-state index in [1.54, 1.807) is 20.8 Å². The van der Waals surface area contributed by atoms with Gasteiger partial charge in [-0.15, -0.1) is 0 Å². The Balaban J connectivity index is 1.65. The number of anilines is 1. The number of nitrogen functional groups attached to an aromatic ring is 1. The average molecular weight is 539 g/mol. The molecule has 2 unspecified atom stereocenters. The van der Waals surface area contributed by atoms with Crippen LogP contribution >= 0.6 is 0 Å². The summed E-state index contributed by atoms with van der Waals surface area (Å²) in [5, 5.41) is 9.16. The quantitative estimate of drug-likeness (QED) is 0.434. The normalized spacial score (nSPS) is 18.1. The number of fused-ring (bicyclic) bond motifs is 1. The number of nitrogens with zero attached hydrogens (tertiary/aromatic N) is 5. The van der Waals surface area contributed by atoms with E-state index in [4.69, 9.17) is 10.5 Å². The fourth-order valence-corrected chi connectivity index (χ4v) is 4.12. The van der Waals surface area contributed by atoms with Gasteiger partial charge in [0.05, 0.1) is 31.0 Å². The lowest BCUT2D eigenvalue weighted by Crippen LogP contribution is -2.48. The molecule has 1 fully saturated rings. The van der Waals surface area contributed by atoms with E-state index in [1.165, 1.54) is 24.3 Å². The van der Waals surface area contributed by atoms with Crippen molar-refractivity contribution in [2.24, 2.45) is 0 Å². The topological polar surface area (TPSA) is 140 Å². The smallest absolute Gasteiger partial charge is 0.418 e. The summed E-state index contributed by atoms with van der Waals surface area (Å²) < 4.78 is 62.0. The number of alkyl halides is 4. The highest BCUT2D eigenvalue weighted by Gasteiger charge is 2.39. The highest BCUT2D eigenvalue weighted by atomic mass is 19.4. The van der Waals surface area contributed by atoms with Gasteiger partial charge in [-0.3, -0.25) is 4.79 Å². The maximum atomic E-state index is 14.7. The molecular weight excluding hydrogens is 512 g/mol. The van der Waals surface area contributed by atoms with Crippen LogP contribution in [-0.4, -0.2) is 74.4 Å².